The minimum absolute atomic E-state index is 0.0775. The van der Waals surface area contributed by atoms with E-state index in [2.05, 4.69) is 0 Å². The molecule has 106 valence electrons. The van der Waals surface area contributed by atoms with Crippen molar-refractivity contribution in [2.75, 3.05) is 12.4 Å². The van der Waals surface area contributed by atoms with Crippen LogP contribution in [0.2, 0.25) is 0 Å². The molecule has 0 spiro atoms. The third-order valence-corrected chi connectivity index (χ3v) is 3.41. The average molecular weight is 284 g/mol. The highest BCUT2D eigenvalue weighted by Crippen LogP contribution is 2.23. The first-order valence-electron chi connectivity index (χ1n) is 6.26. The second kappa shape index (κ2) is 8.19. The maximum absolute atomic E-state index is 10.8. The van der Waals surface area contributed by atoms with Gasteiger partial charge in [0.05, 0.1) is 12.7 Å². The van der Waals surface area contributed by atoms with E-state index in [4.69, 9.17) is 4.74 Å². The summed E-state index contributed by atoms with van der Waals surface area (Å²) in [6.45, 7) is 4.06. The van der Waals surface area contributed by atoms with Gasteiger partial charge in [0.25, 0.3) is 0 Å². The first-order valence-corrected chi connectivity index (χ1v) is 7.25. The summed E-state index contributed by atoms with van der Waals surface area (Å²) in [6.07, 6.45) is -1.09. The molecule has 0 amide bonds. The van der Waals surface area contributed by atoms with Crippen molar-refractivity contribution in [3.63, 3.8) is 0 Å². The number of thioether (sulfide) groups is 1. The summed E-state index contributed by atoms with van der Waals surface area (Å²) in [6, 6.07) is 7.02. The molecule has 0 aliphatic carbocycles. The fourth-order valence-corrected chi connectivity index (χ4v) is 2.11. The zero-order valence-corrected chi connectivity index (χ0v) is 12.0. The lowest BCUT2D eigenvalue weighted by Gasteiger charge is -2.18. The Bertz CT molecular complexity index is 408. The van der Waals surface area contributed by atoms with Gasteiger partial charge in [-0.2, -0.15) is 0 Å². The van der Waals surface area contributed by atoms with Crippen LogP contribution in [0.1, 0.15) is 31.9 Å². The van der Waals surface area contributed by atoms with Crippen molar-refractivity contribution in [1.82, 2.24) is 0 Å². The first kappa shape index (κ1) is 16.0. The fourth-order valence-electron chi connectivity index (χ4n) is 1.52. The molecule has 1 rings (SSSR count). The Hall–Kier alpha value is -1.04. The summed E-state index contributed by atoms with van der Waals surface area (Å²) in [7, 11) is 0. The Labute approximate surface area is 117 Å². The van der Waals surface area contributed by atoms with Crippen LogP contribution in [-0.2, 0) is 4.79 Å². The minimum Gasteiger partial charge on any atom is -0.494 e. The van der Waals surface area contributed by atoms with Crippen molar-refractivity contribution in [2.45, 2.75) is 32.5 Å². The van der Waals surface area contributed by atoms with E-state index in [9.17, 15) is 15.0 Å². The van der Waals surface area contributed by atoms with Crippen LogP contribution in [0.15, 0.2) is 24.3 Å². The molecule has 2 unspecified atom stereocenters. The quantitative estimate of drug-likeness (QED) is 0.803. The molecular formula is C14H20O4S. The number of hydrogen-bond donors (Lipinski definition) is 2. The third kappa shape index (κ3) is 5.63. The highest BCUT2D eigenvalue weighted by Gasteiger charge is 2.19. The van der Waals surface area contributed by atoms with E-state index in [1.165, 1.54) is 6.92 Å². The lowest BCUT2D eigenvalue weighted by atomic mass is 10.1. The van der Waals surface area contributed by atoms with Gasteiger partial charge >= 0.3 is 0 Å². The van der Waals surface area contributed by atoms with Crippen LogP contribution in [0.4, 0.5) is 0 Å². The largest absolute Gasteiger partial charge is 0.494 e. The number of rotatable bonds is 7. The molecule has 0 aliphatic heterocycles. The topological polar surface area (TPSA) is 66.8 Å². The predicted molar refractivity (Wildman–Crippen MR) is 76.3 cm³/mol. The van der Waals surface area contributed by atoms with Gasteiger partial charge in [-0.3, -0.25) is 4.79 Å². The monoisotopic (exact) mass is 284 g/mol. The van der Waals surface area contributed by atoms with Crippen molar-refractivity contribution in [1.29, 1.82) is 0 Å². The Morgan fingerprint density at radius 2 is 2.16 bits per heavy atom. The smallest absolute Gasteiger partial charge is 0.185 e. The zero-order chi connectivity index (χ0) is 14.3. The highest BCUT2D eigenvalue weighted by atomic mass is 32.2. The van der Waals surface area contributed by atoms with E-state index in [-0.39, 0.29) is 10.9 Å². The molecule has 1 aromatic rings. The van der Waals surface area contributed by atoms with Crippen molar-refractivity contribution >= 4 is 16.9 Å². The first-order chi connectivity index (χ1) is 9.04. The number of aliphatic hydroxyl groups is 2. The van der Waals surface area contributed by atoms with Gasteiger partial charge in [-0.25, -0.2) is 0 Å². The van der Waals surface area contributed by atoms with Gasteiger partial charge in [0.15, 0.2) is 5.12 Å². The van der Waals surface area contributed by atoms with E-state index < -0.39 is 12.2 Å². The maximum atomic E-state index is 10.8. The van der Waals surface area contributed by atoms with Crippen LogP contribution < -0.4 is 4.74 Å². The van der Waals surface area contributed by atoms with Crippen molar-refractivity contribution in [3.05, 3.63) is 29.8 Å². The summed E-state index contributed by atoms with van der Waals surface area (Å²) in [5.41, 5.74) is 0.588. The molecular weight excluding hydrogens is 264 g/mol. The van der Waals surface area contributed by atoms with Crippen molar-refractivity contribution < 1.29 is 19.7 Å². The average Bonchev–Trinajstić information content (AvgIpc) is 2.41. The number of ether oxygens (including phenoxy) is 1. The molecule has 2 atom stereocenters. The predicted octanol–water partition coefficient (Wildman–Crippen LogP) is 2.15. The molecule has 0 saturated carbocycles. The number of carbonyl (C=O) groups excluding carboxylic acids is 1. The molecule has 0 bridgehead atoms. The van der Waals surface area contributed by atoms with Crippen LogP contribution in [0.25, 0.3) is 0 Å². The summed E-state index contributed by atoms with van der Waals surface area (Å²) in [5.74, 6) is 0.848. The minimum atomic E-state index is -1.02. The third-order valence-electron chi connectivity index (χ3n) is 2.49. The van der Waals surface area contributed by atoms with Crippen molar-refractivity contribution in [3.8, 4) is 5.75 Å². The lowest BCUT2D eigenvalue weighted by Crippen LogP contribution is -2.21. The molecule has 2 N–H and O–H groups in total. The fraction of sp³-hybridized carbons (Fsp3) is 0.500. The van der Waals surface area contributed by atoms with Crippen LogP contribution in [0, 0.1) is 0 Å². The molecule has 0 radical (unpaired) electrons. The van der Waals surface area contributed by atoms with Crippen LogP contribution in [0.5, 0.6) is 5.75 Å². The molecule has 1 aromatic carbocycles. The number of benzene rings is 1. The van der Waals surface area contributed by atoms with Gasteiger partial charge in [-0.05, 0) is 24.1 Å². The molecule has 0 fully saturated rings. The summed E-state index contributed by atoms with van der Waals surface area (Å²) in [4.78, 5) is 10.8. The van der Waals surface area contributed by atoms with Gasteiger partial charge in [-0.15, -0.1) is 0 Å². The van der Waals surface area contributed by atoms with Gasteiger partial charge in [0.1, 0.15) is 11.9 Å². The zero-order valence-electron chi connectivity index (χ0n) is 11.2. The second-order valence-electron chi connectivity index (χ2n) is 4.24. The number of aliphatic hydroxyl groups excluding tert-OH is 2. The molecule has 4 nitrogen and oxygen atoms in total. The maximum Gasteiger partial charge on any atom is 0.185 e. The van der Waals surface area contributed by atoms with Crippen LogP contribution >= 0.6 is 11.8 Å². The molecule has 0 heterocycles. The van der Waals surface area contributed by atoms with Gasteiger partial charge in [0, 0.05) is 12.7 Å². The molecule has 0 aromatic heterocycles. The van der Waals surface area contributed by atoms with Crippen LogP contribution in [-0.4, -0.2) is 33.8 Å². The van der Waals surface area contributed by atoms with Crippen molar-refractivity contribution in [2.24, 2.45) is 0 Å². The molecule has 5 heteroatoms. The Kier molecular flexibility index (Phi) is 6.91. The van der Waals surface area contributed by atoms with Gasteiger partial charge in [-0.1, -0.05) is 30.8 Å². The van der Waals surface area contributed by atoms with Crippen LogP contribution in [0.3, 0.4) is 0 Å². The molecule has 0 aliphatic rings. The van der Waals surface area contributed by atoms with E-state index in [1.807, 2.05) is 13.0 Å². The summed E-state index contributed by atoms with van der Waals surface area (Å²) >= 11 is 1.00. The number of carbonyl (C=O) groups is 1. The lowest BCUT2D eigenvalue weighted by molar-refractivity contribution is -0.109. The Morgan fingerprint density at radius 1 is 1.42 bits per heavy atom. The van der Waals surface area contributed by atoms with Gasteiger partial charge < -0.3 is 14.9 Å². The van der Waals surface area contributed by atoms with E-state index in [1.54, 1.807) is 18.2 Å². The normalized spacial score (nSPS) is 13.9. The van der Waals surface area contributed by atoms with E-state index >= 15 is 0 Å². The summed E-state index contributed by atoms with van der Waals surface area (Å²) < 4.78 is 5.47. The Balaban J connectivity index is 2.64. The second-order valence-corrected chi connectivity index (χ2v) is 5.43. The summed E-state index contributed by atoms with van der Waals surface area (Å²) in [5, 5.41) is 19.8. The standard InChI is InChI=1S/C14H20O4S/c1-3-7-18-12-6-4-5-11(8-12)14(17)13(16)9-19-10(2)15/h4-6,8,13-14,16-17H,3,7,9H2,1-2H3. The molecule has 0 saturated heterocycles. The number of hydrogen-bond acceptors (Lipinski definition) is 5. The molecule has 19 heavy (non-hydrogen) atoms. The van der Waals surface area contributed by atoms with Gasteiger partial charge in [0.2, 0.25) is 0 Å². The van der Waals surface area contributed by atoms with E-state index in [0.29, 0.717) is 17.9 Å². The SMILES string of the molecule is CCCOc1cccc(C(O)C(O)CSC(C)=O)c1. The van der Waals surface area contributed by atoms with E-state index in [0.717, 1.165) is 18.2 Å². The Morgan fingerprint density at radius 3 is 2.79 bits per heavy atom. The highest BCUT2D eigenvalue weighted by molar-refractivity contribution is 8.13.